The zero-order valence-electron chi connectivity index (χ0n) is 78.2. The monoisotopic (exact) mass is 1950 g/mol. The number of alkyl carbamates (subject to hydrolysis) is 1. The lowest BCUT2D eigenvalue weighted by atomic mass is 10.1. The lowest BCUT2D eigenvalue weighted by Gasteiger charge is -2.26. The Morgan fingerprint density at radius 1 is 0.449 bits per heavy atom. The molecular weight excluding hydrogens is 1840 g/mol. The van der Waals surface area contributed by atoms with Crippen molar-refractivity contribution < 1.29 is 113 Å². The van der Waals surface area contributed by atoms with Gasteiger partial charge in [-0.05, 0) is 190 Å². The number of ether oxygens (including phenoxy) is 5. The number of carbonyl (C=O) groups is 13. The van der Waals surface area contributed by atoms with Crippen LogP contribution in [0.1, 0.15) is 154 Å². The van der Waals surface area contributed by atoms with Crippen molar-refractivity contribution in [2.75, 3.05) is 76.2 Å². The van der Waals surface area contributed by atoms with Gasteiger partial charge in [0.15, 0.2) is 11.9 Å². The van der Waals surface area contributed by atoms with Crippen LogP contribution in [0, 0.1) is 27.7 Å². The van der Waals surface area contributed by atoms with E-state index >= 15 is 0 Å². The summed E-state index contributed by atoms with van der Waals surface area (Å²) in [6.45, 7) is 15.4. The Bertz CT molecular complexity index is 5950. The molecule has 0 radical (unpaired) electrons. The smallest absolute Gasteiger partial charge is 0.408 e. The molecule has 9 rings (SSSR count). The number of nitrogens with one attached hydrogen (secondary N) is 15. The summed E-state index contributed by atoms with van der Waals surface area (Å²) in [4.78, 5) is 188. The van der Waals surface area contributed by atoms with Gasteiger partial charge in [0, 0.05) is 131 Å². The Morgan fingerprint density at radius 2 is 0.841 bits per heavy atom. The Balaban J connectivity index is 0.761. The minimum atomic E-state index is -4.54. The maximum atomic E-state index is 14.7. The number of H-pyrrole nitrogens is 2. The molecule has 0 spiro atoms. The highest BCUT2D eigenvalue weighted by Gasteiger charge is 2.35. The second-order valence-electron chi connectivity index (χ2n) is 34.1. The zero-order valence-corrected chi connectivity index (χ0v) is 79.8. The van der Waals surface area contributed by atoms with E-state index in [0.717, 1.165) is 11.0 Å². The van der Waals surface area contributed by atoms with E-state index < -0.39 is 184 Å². The van der Waals surface area contributed by atoms with Crippen LogP contribution in [-0.2, 0) is 102 Å². The van der Waals surface area contributed by atoms with Crippen LogP contribution in [0.5, 0.6) is 11.5 Å². The third-order valence-corrected chi connectivity index (χ3v) is 24.1. The van der Waals surface area contributed by atoms with Gasteiger partial charge in [0.1, 0.15) is 59.5 Å². The number of aryl methyl sites for hydroxylation is 4. The number of hydrogen-bond donors (Lipinski definition) is 17. The van der Waals surface area contributed by atoms with E-state index in [-0.39, 0.29) is 133 Å². The molecule has 4 heterocycles. The van der Waals surface area contributed by atoms with Crippen molar-refractivity contribution in [3.63, 3.8) is 0 Å². The SMILES string of the molecule is Cc1cc(OCCCC(=O)NCCNC(=O)CCC(NC(=O)C(CCC(=O)OC(C)(C)C)NC(=O)C(CCC(=O)OC(C)(C)C)NC(=O)OCc2ccccc2)C(=O)NCCNC(=O)CCCOc2cc(C)c(S(=O)(=O)NC(CNC(=O)c3ccc4c(cnn4CCNc4ncc[nH]4)c3)C(=O)O)c(C)c2)cc(C)c1S(=O)(=O)NC(CNC(=O)c1ccc2c(cnn2CCNc2ncc[nH]2)c1)C(=O)O. The van der Waals surface area contributed by atoms with Crippen LogP contribution in [0.3, 0.4) is 0 Å². The molecule has 744 valence electrons. The normalized spacial score (nSPS) is 12.7. The summed E-state index contributed by atoms with van der Waals surface area (Å²) in [7, 11) is -9.07. The maximum absolute atomic E-state index is 14.7. The van der Waals surface area contributed by atoms with Gasteiger partial charge in [0.05, 0.1) is 59.5 Å². The summed E-state index contributed by atoms with van der Waals surface area (Å²) >= 11 is 0. The van der Waals surface area contributed by atoms with Gasteiger partial charge in [-0.15, -0.1) is 0 Å². The molecule has 0 bridgehead atoms. The number of rotatable bonds is 55. The van der Waals surface area contributed by atoms with Crippen molar-refractivity contribution in [3.8, 4) is 11.5 Å². The van der Waals surface area contributed by atoms with Crippen LogP contribution in [0.15, 0.2) is 138 Å². The molecule has 0 aliphatic heterocycles. The lowest BCUT2D eigenvalue weighted by Crippen LogP contribution is -2.57. The number of aromatic amines is 2. The topological polar surface area (TPSA) is 626 Å². The standard InChI is InChI=1S/C91H119N21O24S2/c1-55-44-64(45-56(2)78(55)137(128,129)109-69(85(123)124)52-102-80(118)60-20-25-71-62(48-60)50-104-111(71)40-38-100-87-96-34-35-97-87)132-42-14-18-73(113)92-30-31-94-75(115)27-22-66(106-83(121)67(23-28-76(116)135-90(5,6)7)107-84(122)68(24-29-77(117)136-91(8,9)10)108-89(127)134-54-59-16-12-11-13-17-59)82(120)95-33-32-93-74(114)19-15-43-133-65-46-57(3)79(58(4)47-65)138(130,131)110-70(86(125)126)53-103-81(119)61-21-26-72-63(49-61)51-105-112(72)41-39-101-88-98-36-37-99-88/h11-13,16-17,20-21,25-26,34-37,44-51,66-70,109-110H,14-15,18-19,22-24,27-33,38-43,52-54H2,1-10H3,(H,92,113)(H,93,114)(H,94,115)(H,95,120)(H,102,118)(H,103,119)(H,106,121)(H,107,122)(H,108,127)(H,123,124)(H,125,126)(H2,96,97,100)(H2,98,99,101). The fourth-order valence-electron chi connectivity index (χ4n) is 14.2. The molecule has 9 amide bonds. The Kier molecular flexibility index (Phi) is 39.4. The summed E-state index contributed by atoms with van der Waals surface area (Å²) in [5.74, 6) is -8.85. The molecule has 17 N–H and O–H groups in total. The fourth-order valence-corrected chi connectivity index (χ4v) is 17.5. The van der Waals surface area contributed by atoms with Gasteiger partial charge in [0.2, 0.25) is 55.5 Å². The van der Waals surface area contributed by atoms with Gasteiger partial charge < -0.3 is 102 Å². The van der Waals surface area contributed by atoms with Crippen LogP contribution < -0.4 is 77.4 Å². The minimum Gasteiger partial charge on any atom is -0.494 e. The number of aromatic nitrogens is 8. The first-order valence-corrected chi connectivity index (χ1v) is 47.5. The van der Waals surface area contributed by atoms with E-state index in [1.165, 1.54) is 64.1 Å². The highest BCUT2D eigenvalue weighted by Crippen LogP contribution is 2.29. The molecule has 138 heavy (non-hydrogen) atoms. The minimum absolute atomic E-state index is 0.0143. The Labute approximate surface area is 795 Å². The number of imidazole rings is 2. The molecule has 47 heteroatoms. The maximum Gasteiger partial charge on any atom is 0.408 e. The molecule has 0 aliphatic rings. The van der Waals surface area contributed by atoms with Crippen LogP contribution in [0.25, 0.3) is 21.8 Å². The summed E-state index contributed by atoms with van der Waals surface area (Å²) < 4.78 is 91.4. The highest BCUT2D eigenvalue weighted by molar-refractivity contribution is 7.90. The van der Waals surface area contributed by atoms with Gasteiger partial charge in [-0.25, -0.2) is 31.6 Å². The number of anilines is 2. The summed E-state index contributed by atoms with van der Waals surface area (Å²) in [6, 6.07) is 15.5. The third kappa shape index (κ3) is 34.6. The second kappa shape index (κ2) is 50.8. The number of carboxylic acids is 2. The van der Waals surface area contributed by atoms with Crippen molar-refractivity contribution in [2.45, 2.75) is 204 Å². The molecule has 4 aromatic heterocycles. The number of sulfonamides is 2. The summed E-state index contributed by atoms with van der Waals surface area (Å²) in [5.41, 5.74) is 1.26. The van der Waals surface area contributed by atoms with E-state index in [1.54, 1.807) is 143 Å². The Hall–Kier alpha value is -14.6. The van der Waals surface area contributed by atoms with Gasteiger partial charge in [0.25, 0.3) is 11.8 Å². The third-order valence-electron chi connectivity index (χ3n) is 20.6. The van der Waals surface area contributed by atoms with E-state index in [4.69, 9.17) is 23.7 Å². The fraction of sp³-hybridized carbons (Fsp3) is 0.440. The van der Waals surface area contributed by atoms with E-state index in [0.29, 0.717) is 54.4 Å². The van der Waals surface area contributed by atoms with Gasteiger partial charge in [-0.1, -0.05) is 30.3 Å². The highest BCUT2D eigenvalue weighted by atomic mass is 32.2. The molecule has 0 aliphatic carbocycles. The van der Waals surface area contributed by atoms with E-state index in [1.807, 2.05) is 0 Å². The summed E-state index contributed by atoms with van der Waals surface area (Å²) in [6.07, 6.45) is 6.22. The van der Waals surface area contributed by atoms with Crippen LogP contribution >= 0.6 is 0 Å². The number of amides is 9. The van der Waals surface area contributed by atoms with E-state index in [2.05, 4.69) is 98.1 Å². The first-order valence-electron chi connectivity index (χ1n) is 44.5. The molecule has 9 aromatic rings. The number of esters is 2. The average Bonchev–Trinajstić information content (AvgIpc) is 0.976. The number of benzene rings is 5. The van der Waals surface area contributed by atoms with Crippen molar-refractivity contribution in [3.05, 3.63) is 167 Å². The van der Waals surface area contributed by atoms with E-state index in [9.17, 15) is 89.4 Å². The number of nitrogens with zero attached hydrogens (tertiary/aromatic N) is 6. The Morgan fingerprint density at radius 3 is 1.24 bits per heavy atom. The first kappa shape index (κ1) is 107. The molecule has 0 saturated heterocycles. The number of aliphatic carboxylic acids is 2. The van der Waals surface area contributed by atoms with Crippen molar-refractivity contribution in [1.29, 1.82) is 0 Å². The van der Waals surface area contributed by atoms with Crippen LogP contribution in [0.2, 0.25) is 0 Å². The molecule has 5 atom stereocenters. The molecule has 5 unspecified atom stereocenters. The van der Waals surface area contributed by atoms with Crippen molar-refractivity contribution >= 4 is 131 Å². The average molecular weight is 1960 g/mol. The molecule has 0 saturated carbocycles. The number of fused-ring (bicyclic) bond motifs is 2. The summed E-state index contributed by atoms with van der Waals surface area (Å²) in [5, 5.41) is 59.7. The van der Waals surface area contributed by atoms with Gasteiger partial charge in [-0.3, -0.25) is 66.9 Å². The van der Waals surface area contributed by atoms with Crippen LogP contribution in [-0.4, -0.2) is 251 Å². The van der Waals surface area contributed by atoms with Crippen LogP contribution in [0.4, 0.5) is 16.7 Å². The van der Waals surface area contributed by atoms with Gasteiger partial charge in [-0.2, -0.15) is 19.6 Å². The number of carboxylic acid groups (broad SMARTS) is 2. The zero-order chi connectivity index (χ0) is 100. The number of carbonyl (C=O) groups excluding carboxylic acids is 11. The predicted octanol–water partition coefficient (Wildman–Crippen LogP) is 4.38. The van der Waals surface area contributed by atoms with Crippen molar-refractivity contribution in [1.82, 2.24) is 96.8 Å². The predicted molar refractivity (Wildman–Crippen MR) is 502 cm³/mol. The second-order valence-corrected chi connectivity index (χ2v) is 37.4. The largest absolute Gasteiger partial charge is 0.494 e. The molecule has 5 aromatic carbocycles. The van der Waals surface area contributed by atoms with Gasteiger partial charge >= 0.3 is 30.0 Å². The quantitative estimate of drug-likeness (QED) is 0.0143. The molecule has 45 nitrogen and oxygen atoms in total. The first-order chi connectivity index (χ1) is 65.5. The molecular formula is C91H119N21O24S2. The number of hydrogen-bond acceptors (Lipinski definition) is 28. The molecule has 0 fully saturated rings. The lowest BCUT2D eigenvalue weighted by molar-refractivity contribution is -0.156. The van der Waals surface area contributed by atoms with Crippen molar-refractivity contribution in [2.24, 2.45) is 0 Å².